The lowest BCUT2D eigenvalue weighted by Gasteiger charge is -2.10. The Hall–Kier alpha value is -2.66. The molecule has 0 radical (unpaired) electrons. The summed E-state index contributed by atoms with van der Waals surface area (Å²) >= 11 is 3.46. The summed E-state index contributed by atoms with van der Waals surface area (Å²) in [5.41, 5.74) is 2.67. The Balaban J connectivity index is 1.81. The van der Waals surface area contributed by atoms with E-state index in [4.69, 9.17) is 9.84 Å². The van der Waals surface area contributed by atoms with Gasteiger partial charge in [0.1, 0.15) is 5.75 Å². The summed E-state index contributed by atoms with van der Waals surface area (Å²) in [5.74, 6) is -0.472. The summed E-state index contributed by atoms with van der Waals surface area (Å²) in [5, 5.41) is 10.0. The second-order valence-corrected chi connectivity index (χ2v) is 6.49. The second kappa shape index (κ2) is 7.49. The molecule has 126 valence electrons. The Morgan fingerprint density at radius 2 is 1.96 bits per heavy atom. The lowest BCUT2D eigenvalue weighted by atomic mass is 10.1. The number of pyridine rings is 1. The van der Waals surface area contributed by atoms with Crippen LogP contribution in [-0.2, 0) is 4.79 Å². The van der Waals surface area contributed by atoms with Crippen LogP contribution in [0.15, 0.2) is 59.1 Å². The van der Waals surface area contributed by atoms with Crippen molar-refractivity contribution in [3.05, 3.63) is 70.3 Å². The summed E-state index contributed by atoms with van der Waals surface area (Å²) in [4.78, 5) is 15.5. The molecule has 0 bridgehead atoms. The third kappa shape index (κ3) is 4.45. The standard InChI is InChI=1S/C20H16BrNO3/c1-13(20(23)24)25-18-4-2-3-14(11-18)5-9-17-10-7-15-6-8-16(21)12-19(15)22-17/h2-13H,1H3,(H,23,24)/b9-5+. The Bertz CT molecular complexity index is 953. The van der Waals surface area contributed by atoms with Gasteiger partial charge in [-0.25, -0.2) is 9.78 Å². The molecule has 0 aliphatic rings. The van der Waals surface area contributed by atoms with E-state index in [0.29, 0.717) is 5.75 Å². The normalized spacial score (nSPS) is 12.4. The average molecular weight is 398 g/mol. The predicted molar refractivity (Wildman–Crippen MR) is 103 cm³/mol. The number of halogens is 1. The van der Waals surface area contributed by atoms with Gasteiger partial charge in [-0.15, -0.1) is 0 Å². The number of ether oxygens (including phenoxy) is 1. The molecule has 0 fully saturated rings. The van der Waals surface area contributed by atoms with E-state index in [9.17, 15) is 4.79 Å². The maximum absolute atomic E-state index is 10.9. The molecule has 0 spiro atoms. The minimum absolute atomic E-state index is 0.521. The van der Waals surface area contributed by atoms with Crippen LogP contribution in [0.3, 0.4) is 0 Å². The van der Waals surface area contributed by atoms with E-state index in [1.165, 1.54) is 6.92 Å². The second-order valence-electron chi connectivity index (χ2n) is 5.58. The molecule has 1 atom stereocenters. The maximum atomic E-state index is 10.9. The maximum Gasteiger partial charge on any atom is 0.344 e. The van der Waals surface area contributed by atoms with Crippen molar-refractivity contribution in [1.29, 1.82) is 0 Å². The lowest BCUT2D eigenvalue weighted by molar-refractivity contribution is -0.144. The van der Waals surface area contributed by atoms with Crippen molar-refractivity contribution in [3.8, 4) is 5.75 Å². The highest BCUT2D eigenvalue weighted by atomic mass is 79.9. The summed E-state index contributed by atoms with van der Waals surface area (Å²) in [6.45, 7) is 1.50. The SMILES string of the molecule is CC(Oc1cccc(/C=C/c2ccc3ccc(Br)cc3n2)c1)C(=O)O. The molecule has 0 saturated heterocycles. The number of aliphatic carboxylic acids is 1. The van der Waals surface area contributed by atoms with Gasteiger partial charge in [0.25, 0.3) is 0 Å². The largest absolute Gasteiger partial charge is 0.479 e. The fraction of sp³-hybridized carbons (Fsp3) is 0.100. The fourth-order valence-electron chi connectivity index (χ4n) is 2.33. The first-order chi connectivity index (χ1) is 12.0. The van der Waals surface area contributed by atoms with Crippen LogP contribution >= 0.6 is 15.9 Å². The van der Waals surface area contributed by atoms with Gasteiger partial charge >= 0.3 is 5.97 Å². The summed E-state index contributed by atoms with van der Waals surface area (Å²) in [6.07, 6.45) is 2.95. The van der Waals surface area contributed by atoms with Gasteiger partial charge in [-0.2, -0.15) is 0 Å². The minimum Gasteiger partial charge on any atom is -0.479 e. The van der Waals surface area contributed by atoms with Crippen molar-refractivity contribution in [2.75, 3.05) is 0 Å². The minimum atomic E-state index is -0.993. The smallest absolute Gasteiger partial charge is 0.344 e. The van der Waals surface area contributed by atoms with Crippen LogP contribution in [0, 0.1) is 0 Å². The van der Waals surface area contributed by atoms with E-state index in [0.717, 1.165) is 26.6 Å². The molecule has 1 unspecified atom stereocenters. The van der Waals surface area contributed by atoms with Crippen LogP contribution in [0.2, 0.25) is 0 Å². The molecule has 0 aliphatic carbocycles. The van der Waals surface area contributed by atoms with E-state index in [1.54, 1.807) is 12.1 Å². The Labute approximate surface area is 153 Å². The topological polar surface area (TPSA) is 59.4 Å². The number of nitrogens with zero attached hydrogens (tertiary/aromatic N) is 1. The van der Waals surface area contributed by atoms with E-state index < -0.39 is 12.1 Å². The van der Waals surface area contributed by atoms with Gasteiger partial charge in [0.2, 0.25) is 0 Å². The van der Waals surface area contributed by atoms with Gasteiger partial charge in [0.15, 0.2) is 6.10 Å². The molecule has 4 nitrogen and oxygen atoms in total. The highest BCUT2D eigenvalue weighted by molar-refractivity contribution is 9.10. The van der Waals surface area contributed by atoms with Crippen molar-refractivity contribution in [1.82, 2.24) is 4.98 Å². The van der Waals surface area contributed by atoms with Crippen LogP contribution in [0.25, 0.3) is 23.1 Å². The fourth-order valence-corrected chi connectivity index (χ4v) is 2.68. The van der Waals surface area contributed by atoms with Crippen LogP contribution in [-0.4, -0.2) is 22.2 Å². The molecule has 0 amide bonds. The number of benzene rings is 2. The van der Waals surface area contributed by atoms with Crippen molar-refractivity contribution in [3.63, 3.8) is 0 Å². The number of rotatable bonds is 5. The molecule has 5 heteroatoms. The molecule has 3 rings (SSSR count). The highest BCUT2D eigenvalue weighted by Gasteiger charge is 2.12. The van der Waals surface area contributed by atoms with Crippen LogP contribution in [0.4, 0.5) is 0 Å². The third-order valence-corrected chi connectivity index (χ3v) is 4.13. The van der Waals surface area contributed by atoms with E-state index in [-0.39, 0.29) is 0 Å². The van der Waals surface area contributed by atoms with Gasteiger partial charge < -0.3 is 9.84 Å². The zero-order chi connectivity index (χ0) is 17.8. The van der Waals surface area contributed by atoms with Crippen molar-refractivity contribution >= 4 is 45.0 Å². The number of carboxylic acids is 1. The van der Waals surface area contributed by atoms with E-state index in [2.05, 4.69) is 20.9 Å². The van der Waals surface area contributed by atoms with Crippen molar-refractivity contribution in [2.24, 2.45) is 0 Å². The molecule has 1 aromatic heterocycles. The molecule has 3 aromatic rings. The van der Waals surface area contributed by atoms with Crippen LogP contribution in [0.5, 0.6) is 5.75 Å². The molecule has 0 saturated carbocycles. The quantitative estimate of drug-likeness (QED) is 0.656. The van der Waals surface area contributed by atoms with Crippen LogP contribution in [0.1, 0.15) is 18.2 Å². The van der Waals surface area contributed by atoms with Gasteiger partial charge in [-0.3, -0.25) is 0 Å². The molecular weight excluding hydrogens is 382 g/mol. The number of carbonyl (C=O) groups is 1. The Kier molecular flexibility index (Phi) is 5.14. The number of aromatic nitrogens is 1. The van der Waals surface area contributed by atoms with Gasteiger partial charge in [0, 0.05) is 9.86 Å². The number of fused-ring (bicyclic) bond motifs is 1. The predicted octanol–water partition coefficient (Wildman–Crippen LogP) is 5.02. The number of carboxylic acid groups (broad SMARTS) is 1. The van der Waals surface area contributed by atoms with Crippen LogP contribution < -0.4 is 4.74 Å². The summed E-state index contributed by atoms with van der Waals surface area (Å²) < 4.78 is 6.38. The molecular formula is C20H16BrNO3. The average Bonchev–Trinajstić information content (AvgIpc) is 2.59. The van der Waals surface area contributed by atoms with Crippen molar-refractivity contribution < 1.29 is 14.6 Å². The third-order valence-electron chi connectivity index (χ3n) is 3.64. The highest BCUT2D eigenvalue weighted by Crippen LogP contribution is 2.20. The summed E-state index contributed by atoms with van der Waals surface area (Å²) in [6, 6.07) is 17.3. The van der Waals surface area contributed by atoms with Gasteiger partial charge in [-0.1, -0.05) is 46.3 Å². The Morgan fingerprint density at radius 1 is 1.16 bits per heavy atom. The molecule has 0 aliphatic heterocycles. The van der Waals surface area contributed by atoms with Gasteiger partial charge in [0.05, 0.1) is 11.2 Å². The number of hydrogen-bond acceptors (Lipinski definition) is 3. The first kappa shape index (κ1) is 17.2. The first-order valence-corrected chi connectivity index (χ1v) is 8.54. The van der Waals surface area contributed by atoms with E-state index >= 15 is 0 Å². The van der Waals surface area contributed by atoms with E-state index in [1.807, 2.05) is 54.6 Å². The van der Waals surface area contributed by atoms with Crippen molar-refractivity contribution in [2.45, 2.75) is 13.0 Å². The number of hydrogen-bond donors (Lipinski definition) is 1. The zero-order valence-electron chi connectivity index (χ0n) is 13.5. The summed E-state index contributed by atoms with van der Waals surface area (Å²) in [7, 11) is 0. The molecule has 1 N–H and O–H groups in total. The molecule has 25 heavy (non-hydrogen) atoms. The zero-order valence-corrected chi connectivity index (χ0v) is 15.1. The molecule has 1 heterocycles. The first-order valence-electron chi connectivity index (χ1n) is 7.75. The molecule has 2 aromatic carbocycles. The lowest BCUT2D eigenvalue weighted by Crippen LogP contribution is -2.22. The Morgan fingerprint density at radius 3 is 2.76 bits per heavy atom. The monoisotopic (exact) mass is 397 g/mol. The van der Waals surface area contributed by atoms with Gasteiger partial charge in [-0.05, 0) is 48.9 Å².